The SMILES string of the molecule is Cn1c(-c2ccccn2)c2c3c(cccc31)-c1ccccc1-c1ccccc1-2.c1ccc(-c2nc3ccccc3nc2-n2c(-c3ccccn3)c3c4c(cccc42)-c2ccccc2-c2ccccc2-3)cc1.c1ccc(-c2ncnc3ccccc23)cc1.c1ccc(N(c2ccccc2)c2ccc(-c3ccc(-n4c(-c5ccccn5)c5c6c(cccc64)-c4ccccc4-c4ccccc4-5)cc3)cc2)cc1. The van der Waals surface area contributed by atoms with Crippen LogP contribution in [0.5, 0.6) is 0 Å². The number of benzene rings is 17. The van der Waals surface area contributed by atoms with Gasteiger partial charge in [-0.15, -0.1) is 0 Å². The van der Waals surface area contributed by atoms with E-state index in [4.69, 9.17) is 24.9 Å². The van der Waals surface area contributed by atoms with Crippen molar-refractivity contribution in [2.24, 2.45) is 7.05 Å². The smallest absolute Gasteiger partial charge is 0.165 e. The number of anilines is 3. The van der Waals surface area contributed by atoms with E-state index in [0.29, 0.717) is 0 Å². The van der Waals surface area contributed by atoms with E-state index in [-0.39, 0.29) is 0 Å². The predicted molar refractivity (Wildman–Crippen MR) is 572 cm³/mol. The van der Waals surface area contributed by atoms with E-state index in [1.807, 2.05) is 104 Å². The Kier molecular flexibility index (Phi) is 20.9. The number of aromatic nitrogens is 10. The van der Waals surface area contributed by atoms with Crippen LogP contribution in [0.2, 0.25) is 0 Å². The summed E-state index contributed by atoms with van der Waals surface area (Å²) in [6.45, 7) is 0. The van der Waals surface area contributed by atoms with E-state index in [0.717, 1.165) is 113 Å². The Morgan fingerprint density at radius 1 is 0.209 bits per heavy atom. The molecule has 17 aromatic carbocycles. The fourth-order valence-corrected chi connectivity index (χ4v) is 21.1. The van der Waals surface area contributed by atoms with Crippen LogP contribution in [-0.2, 0) is 7.05 Å². The van der Waals surface area contributed by atoms with Crippen LogP contribution in [0.4, 0.5) is 17.1 Å². The van der Waals surface area contributed by atoms with Gasteiger partial charge in [-0.05, 0) is 216 Å². The van der Waals surface area contributed by atoms with Crippen molar-refractivity contribution in [1.29, 1.82) is 0 Å². The minimum absolute atomic E-state index is 0.783. The predicted octanol–water partition coefficient (Wildman–Crippen LogP) is 32.6. The van der Waals surface area contributed by atoms with Crippen molar-refractivity contribution in [3.05, 3.63) is 498 Å². The molecule has 0 bridgehead atoms. The third kappa shape index (κ3) is 14.4. The Balaban J connectivity index is 0.000000105. The van der Waals surface area contributed by atoms with Crippen LogP contribution in [0.15, 0.2) is 498 Å². The van der Waals surface area contributed by atoms with E-state index in [2.05, 4.69) is 424 Å². The molecule has 11 heteroatoms. The Morgan fingerprint density at radius 2 is 0.532 bits per heavy atom. The third-order valence-corrected chi connectivity index (χ3v) is 27.1. The van der Waals surface area contributed by atoms with E-state index in [1.165, 1.54) is 139 Å². The number of fused-ring (bicyclic) bond motifs is 17. The number of nitrogens with zero attached hydrogens (tertiary/aromatic N) is 11. The first kappa shape index (κ1) is 82.2. The number of hydrogen-bond donors (Lipinski definition) is 0. The zero-order valence-electron chi connectivity index (χ0n) is 75.8. The number of rotatable bonds is 11. The molecule has 652 valence electrons. The number of aryl methyl sites for hydroxylation is 1. The lowest BCUT2D eigenvalue weighted by molar-refractivity contribution is 0.971. The Bertz CT molecular complexity index is 8930. The van der Waals surface area contributed by atoms with E-state index >= 15 is 0 Å². The van der Waals surface area contributed by atoms with E-state index in [1.54, 1.807) is 6.33 Å². The van der Waals surface area contributed by atoms with E-state index < -0.39 is 0 Å². The van der Waals surface area contributed by atoms with Crippen molar-refractivity contribution in [2.45, 2.75) is 0 Å². The summed E-state index contributed by atoms with van der Waals surface area (Å²) >= 11 is 0. The van der Waals surface area contributed by atoms with Gasteiger partial charge in [-0.2, -0.15) is 0 Å². The van der Waals surface area contributed by atoms with Gasteiger partial charge in [0, 0.05) is 103 Å². The molecule has 0 saturated heterocycles. The molecular weight excluding hydrogens is 1690 g/mol. The van der Waals surface area contributed by atoms with E-state index in [9.17, 15) is 0 Å². The molecule has 8 aromatic heterocycles. The van der Waals surface area contributed by atoms with Gasteiger partial charge in [-0.3, -0.25) is 19.5 Å². The lowest BCUT2D eigenvalue weighted by atomic mass is 9.93. The molecule has 0 saturated carbocycles. The summed E-state index contributed by atoms with van der Waals surface area (Å²) in [4.78, 5) is 36.1. The first-order valence-corrected chi connectivity index (χ1v) is 47.0. The summed E-state index contributed by atoms with van der Waals surface area (Å²) in [6, 6.07) is 167. The van der Waals surface area contributed by atoms with Crippen LogP contribution >= 0.6 is 0 Å². The summed E-state index contributed by atoms with van der Waals surface area (Å²) in [7, 11) is 2.15. The summed E-state index contributed by atoms with van der Waals surface area (Å²) < 4.78 is 7.00. The third-order valence-electron chi connectivity index (χ3n) is 27.1. The molecule has 0 N–H and O–H groups in total. The molecule has 28 rings (SSSR count). The van der Waals surface area contributed by atoms with Crippen molar-refractivity contribution < 1.29 is 0 Å². The van der Waals surface area contributed by atoms with Crippen LogP contribution in [0.1, 0.15) is 0 Å². The lowest BCUT2D eigenvalue weighted by Crippen LogP contribution is -2.09. The first-order valence-electron chi connectivity index (χ1n) is 47.0. The van der Waals surface area contributed by atoms with Crippen molar-refractivity contribution in [1.82, 2.24) is 48.6 Å². The zero-order valence-corrected chi connectivity index (χ0v) is 75.8. The highest BCUT2D eigenvalue weighted by molar-refractivity contribution is 6.21. The summed E-state index contributed by atoms with van der Waals surface area (Å²) in [5.74, 6) is 0.783. The molecule has 0 radical (unpaired) electrons. The Morgan fingerprint density at radius 3 is 0.986 bits per heavy atom. The van der Waals surface area contributed by atoms with Crippen molar-refractivity contribution >= 4 is 71.7 Å². The topological polar surface area (TPSA) is 108 Å². The zero-order chi connectivity index (χ0) is 92.2. The largest absolute Gasteiger partial charge is 0.342 e. The highest BCUT2D eigenvalue weighted by atomic mass is 15.1. The molecule has 3 aliphatic rings. The van der Waals surface area contributed by atoms with Crippen LogP contribution in [0.3, 0.4) is 0 Å². The van der Waals surface area contributed by atoms with Gasteiger partial charge >= 0.3 is 0 Å². The normalized spacial score (nSPS) is 11.5. The fourth-order valence-electron chi connectivity index (χ4n) is 21.1. The molecule has 139 heavy (non-hydrogen) atoms. The molecule has 0 aliphatic heterocycles. The van der Waals surface area contributed by atoms with Gasteiger partial charge in [0.25, 0.3) is 0 Å². The molecular formula is C128H85N11. The van der Waals surface area contributed by atoms with Crippen LogP contribution < -0.4 is 4.90 Å². The minimum atomic E-state index is 0.783. The molecule has 11 nitrogen and oxygen atoms in total. The number of pyridine rings is 3. The lowest BCUT2D eigenvalue weighted by Gasteiger charge is -2.25. The van der Waals surface area contributed by atoms with Gasteiger partial charge in [0.1, 0.15) is 12.0 Å². The number of hydrogen-bond acceptors (Lipinski definition) is 8. The Hall–Kier alpha value is -18.7. The van der Waals surface area contributed by atoms with Crippen LogP contribution in [0, 0.1) is 0 Å². The summed E-state index contributed by atoms with van der Waals surface area (Å²) in [5, 5.41) is 4.84. The van der Waals surface area contributed by atoms with Crippen molar-refractivity contribution in [3.8, 4) is 179 Å². The van der Waals surface area contributed by atoms with Gasteiger partial charge in [-0.1, -0.05) is 352 Å². The quantitative estimate of drug-likeness (QED) is 0.126. The van der Waals surface area contributed by atoms with Crippen molar-refractivity contribution in [2.75, 3.05) is 4.90 Å². The van der Waals surface area contributed by atoms with Gasteiger partial charge in [-0.25, -0.2) is 19.9 Å². The maximum Gasteiger partial charge on any atom is 0.165 e. The molecule has 0 spiro atoms. The molecule has 8 heterocycles. The average Bonchev–Trinajstić information content (AvgIpc) is 1.55. The molecule has 0 unspecified atom stereocenters. The summed E-state index contributed by atoms with van der Waals surface area (Å²) in [5.41, 5.74) is 45.3. The molecule has 25 aromatic rings. The van der Waals surface area contributed by atoms with Gasteiger partial charge in [0.05, 0.1) is 67.4 Å². The van der Waals surface area contributed by atoms with Crippen molar-refractivity contribution in [3.63, 3.8) is 0 Å². The average molecular weight is 1780 g/mol. The van der Waals surface area contributed by atoms with Crippen LogP contribution in [0.25, 0.3) is 234 Å². The molecule has 0 fully saturated rings. The van der Waals surface area contributed by atoms with Gasteiger partial charge in [0.15, 0.2) is 5.82 Å². The summed E-state index contributed by atoms with van der Waals surface area (Å²) in [6.07, 6.45) is 7.25. The monoisotopic (exact) mass is 1780 g/mol. The minimum Gasteiger partial charge on any atom is -0.342 e. The van der Waals surface area contributed by atoms with Crippen LogP contribution in [-0.4, -0.2) is 48.6 Å². The second-order valence-electron chi connectivity index (χ2n) is 34.9. The van der Waals surface area contributed by atoms with Gasteiger partial charge < -0.3 is 14.0 Å². The molecule has 0 atom stereocenters. The standard InChI is InChI=1S/C49H33N3.C39H24N4.C26H18N2.C14H10N2/c1-3-14-36(15-4-1)51(37-16-5-2-6-17-37)38-29-25-34(26-30-38)35-27-31-39(32-28-35)52-46-24-13-22-43-41-19-8-7-18-40(41)42-20-9-10-21-44(42)48(47(43)46)49(52)45-23-11-12-33-50-45;1-2-13-25(14-3-1)37-39(42-32-21-9-8-20-31(32)41-37)43-34-23-12-19-29-27-16-5-4-15-26(27)28-17-6-7-18-30(28)36(35(29)34)38(43)33-22-10-11-24-40-33;1-28-23-15-8-13-20-18-10-3-2-9-17(18)19-11-4-5-12-21(19)25(24(20)23)26(28)22-14-6-7-16-27-22;1-2-6-11(7-3-1)14-12-8-4-5-9-13(12)15-10-16-14/h1-33H;1-24H;2-16H,1H3;1-10H. The molecule has 0 amide bonds. The first-order chi connectivity index (χ1) is 69.0. The number of para-hydroxylation sites is 5. The second kappa shape index (κ2) is 35.4. The highest BCUT2D eigenvalue weighted by Crippen LogP contribution is 2.57. The Labute approximate surface area is 804 Å². The maximum absolute atomic E-state index is 5.35. The fraction of sp³-hybridized carbons (Fsp3) is 0.00781. The van der Waals surface area contributed by atoms with Gasteiger partial charge in [0.2, 0.25) is 0 Å². The highest BCUT2D eigenvalue weighted by Gasteiger charge is 2.35. The molecule has 3 aliphatic carbocycles. The maximum atomic E-state index is 5.35. The second-order valence-corrected chi connectivity index (χ2v) is 34.9.